The van der Waals surface area contributed by atoms with Crippen LogP contribution in [0.4, 0.5) is 0 Å². The van der Waals surface area contributed by atoms with Crippen LogP contribution in [-0.2, 0) is 24.0 Å². The molecule has 0 bridgehead atoms. The number of hydrogen-bond acceptors (Lipinski definition) is 4. The summed E-state index contributed by atoms with van der Waals surface area (Å²) in [5.41, 5.74) is 6.51. The highest BCUT2D eigenvalue weighted by Gasteiger charge is 2.35. The molecule has 0 aliphatic carbocycles. The molecule has 1 aliphatic heterocycles. The Hall–Kier alpha value is -3.89. The van der Waals surface area contributed by atoms with Crippen molar-refractivity contribution in [2.75, 3.05) is 27.4 Å². The molecule has 0 unspecified atom stereocenters. The lowest BCUT2D eigenvalue weighted by molar-refractivity contribution is 0.0884. The Morgan fingerprint density at radius 1 is 0.711 bits per heavy atom. The van der Waals surface area contributed by atoms with Crippen molar-refractivity contribution in [2.45, 2.75) is 19.3 Å². The SMILES string of the molecule is COc1cc(C[C@H]2COC[C@@H]2C(=O)c2ccc(Cc3ccccc3)c(OC)c2)ccc1Cc1ccccc1. The predicted molar refractivity (Wildman–Crippen MR) is 150 cm³/mol. The van der Waals surface area contributed by atoms with Gasteiger partial charge in [-0.05, 0) is 52.3 Å². The van der Waals surface area contributed by atoms with E-state index in [1.807, 2.05) is 42.5 Å². The maximum absolute atomic E-state index is 13.6. The number of methoxy groups -OCH3 is 2. The van der Waals surface area contributed by atoms with Crippen LogP contribution in [0.1, 0.15) is 38.2 Å². The zero-order valence-electron chi connectivity index (χ0n) is 22.1. The van der Waals surface area contributed by atoms with Gasteiger partial charge < -0.3 is 14.2 Å². The van der Waals surface area contributed by atoms with Gasteiger partial charge in [0.25, 0.3) is 0 Å². The van der Waals surface area contributed by atoms with E-state index in [0.717, 1.165) is 47.5 Å². The highest BCUT2D eigenvalue weighted by Crippen LogP contribution is 2.32. The van der Waals surface area contributed by atoms with Gasteiger partial charge in [-0.3, -0.25) is 4.79 Å². The fourth-order valence-corrected chi connectivity index (χ4v) is 5.34. The third-order valence-corrected chi connectivity index (χ3v) is 7.43. The van der Waals surface area contributed by atoms with E-state index in [1.54, 1.807) is 14.2 Å². The van der Waals surface area contributed by atoms with Crippen molar-refractivity contribution in [2.24, 2.45) is 11.8 Å². The number of benzene rings is 4. The minimum atomic E-state index is -0.185. The van der Waals surface area contributed by atoms with Gasteiger partial charge in [-0.15, -0.1) is 0 Å². The molecule has 1 fully saturated rings. The Morgan fingerprint density at radius 3 is 1.89 bits per heavy atom. The molecule has 1 heterocycles. The van der Waals surface area contributed by atoms with Gasteiger partial charge in [0, 0.05) is 18.4 Å². The molecule has 0 N–H and O–H groups in total. The van der Waals surface area contributed by atoms with E-state index in [9.17, 15) is 4.79 Å². The van der Waals surface area contributed by atoms with Crippen molar-refractivity contribution in [3.05, 3.63) is 130 Å². The first-order valence-corrected chi connectivity index (χ1v) is 13.2. The normalized spacial score (nSPS) is 16.8. The van der Waals surface area contributed by atoms with Gasteiger partial charge in [0.15, 0.2) is 5.78 Å². The molecule has 5 rings (SSSR count). The average Bonchev–Trinajstić information content (AvgIpc) is 3.42. The van der Waals surface area contributed by atoms with Gasteiger partial charge in [-0.1, -0.05) is 84.9 Å². The molecular formula is C34H34O4. The summed E-state index contributed by atoms with van der Waals surface area (Å²) in [6, 6.07) is 32.9. The molecule has 1 aliphatic rings. The third-order valence-electron chi connectivity index (χ3n) is 7.43. The average molecular weight is 507 g/mol. The number of carbonyl (C=O) groups is 1. The first-order chi connectivity index (χ1) is 18.6. The van der Waals surface area contributed by atoms with Gasteiger partial charge in [0.2, 0.25) is 0 Å². The first-order valence-electron chi connectivity index (χ1n) is 13.2. The van der Waals surface area contributed by atoms with Gasteiger partial charge in [0.1, 0.15) is 11.5 Å². The summed E-state index contributed by atoms with van der Waals surface area (Å²) in [5.74, 6) is 1.67. The molecule has 0 amide bonds. The largest absolute Gasteiger partial charge is 0.496 e. The van der Waals surface area contributed by atoms with Crippen molar-refractivity contribution in [1.82, 2.24) is 0 Å². The highest BCUT2D eigenvalue weighted by molar-refractivity contribution is 5.98. The molecule has 0 aromatic heterocycles. The Labute approximate surface area is 225 Å². The number of rotatable bonds is 10. The molecular weight excluding hydrogens is 472 g/mol. The molecule has 38 heavy (non-hydrogen) atoms. The monoisotopic (exact) mass is 506 g/mol. The number of hydrogen-bond donors (Lipinski definition) is 0. The van der Waals surface area contributed by atoms with Crippen molar-refractivity contribution in [1.29, 1.82) is 0 Å². The Bertz CT molecular complexity index is 1360. The summed E-state index contributed by atoms with van der Waals surface area (Å²) in [5, 5.41) is 0. The van der Waals surface area contributed by atoms with E-state index < -0.39 is 0 Å². The van der Waals surface area contributed by atoms with E-state index >= 15 is 0 Å². The maximum atomic E-state index is 13.6. The van der Waals surface area contributed by atoms with Gasteiger partial charge in [-0.2, -0.15) is 0 Å². The Morgan fingerprint density at radius 2 is 1.29 bits per heavy atom. The maximum Gasteiger partial charge on any atom is 0.168 e. The van der Waals surface area contributed by atoms with Gasteiger partial charge >= 0.3 is 0 Å². The second-order valence-electron chi connectivity index (χ2n) is 9.97. The van der Waals surface area contributed by atoms with E-state index in [2.05, 4.69) is 54.6 Å². The summed E-state index contributed by atoms with van der Waals surface area (Å²) < 4.78 is 17.2. The number of carbonyl (C=O) groups excluding carboxylic acids is 1. The lowest BCUT2D eigenvalue weighted by atomic mass is 9.84. The Balaban J connectivity index is 1.30. The van der Waals surface area contributed by atoms with Crippen LogP contribution in [0.2, 0.25) is 0 Å². The first kappa shape index (κ1) is 25.7. The van der Waals surface area contributed by atoms with Crippen LogP contribution in [0.25, 0.3) is 0 Å². The summed E-state index contributed by atoms with van der Waals surface area (Å²) in [7, 11) is 3.38. The van der Waals surface area contributed by atoms with Crippen LogP contribution in [0.15, 0.2) is 97.1 Å². The number of ether oxygens (including phenoxy) is 3. The zero-order chi connectivity index (χ0) is 26.3. The fourth-order valence-electron chi connectivity index (χ4n) is 5.34. The lowest BCUT2D eigenvalue weighted by Gasteiger charge is -2.19. The van der Waals surface area contributed by atoms with E-state index in [4.69, 9.17) is 14.2 Å². The summed E-state index contributed by atoms with van der Waals surface area (Å²) in [6.07, 6.45) is 2.34. The second kappa shape index (κ2) is 12.1. The summed E-state index contributed by atoms with van der Waals surface area (Å²) in [6.45, 7) is 1.02. The smallest absolute Gasteiger partial charge is 0.168 e. The molecule has 4 nitrogen and oxygen atoms in total. The van der Waals surface area contributed by atoms with Crippen molar-refractivity contribution >= 4 is 5.78 Å². The molecule has 194 valence electrons. The minimum absolute atomic E-state index is 0.113. The van der Waals surface area contributed by atoms with Crippen LogP contribution >= 0.6 is 0 Å². The molecule has 0 spiro atoms. The molecule has 2 atom stereocenters. The highest BCUT2D eigenvalue weighted by atomic mass is 16.5. The van der Waals surface area contributed by atoms with Crippen molar-refractivity contribution in [3.8, 4) is 11.5 Å². The lowest BCUT2D eigenvalue weighted by Crippen LogP contribution is -2.24. The predicted octanol–water partition coefficient (Wildman–Crippen LogP) is 6.57. The minimum Gasteiger partial charge on any atom is -0.496 e. The third kappa shape index (κ3) is 5.98. The van der Waals surface area contributed by atoms with Gasteiger partial charge in [0.05, 0.1) is 33.4 Å². The summed E-state index contributed by atoms with van der Waals surface area (Å²) >= 11 is 0. The molecule has 0 saturated carbocycles. The van der Waals surface area contributed by atoms with E-state index in [-0.39, 0.29) is 17.6 Å². The molecule has 0 radical (unpaired) electrons. The Kier molecular flexibility index (Phi) is 8.20. The van der Waals surface area contributed by atoms with Crippen LogP contribution in [0.5, 0.6) is 11.5 Å². The number of ketones is 1. The molecule has 4 aromatic rings. The standard InChI is InChI=1S/C34H34O4/c1-36-32-20-26(13-14-27(32)17-24-9-5-3-6-10-24)19-30-22-38-23-31(30)34(35)29-16-15-28(33(21-29)37-2)18-25-11-7-4-8-12-25/h3-16,20-21,30-31H,17-19,22-23H2,1-2H3/t30-,31-/m0/s1. The zero-order valence-corrected chi connectivity index (χ0v) is 22.1. The quantitative estimate of drug-likeness (QED) is 0.228. The van der Waals surface area contributed by atoms with E-state index in [0.29, 0.717) is 18.8 Å². The summed E-state index contributed by atoms with van der Waals surface area (Å²) in [4.78, 5) is 13.6. The fraction of sp³-hybridized carbons (Fsp3) is 0.265. The molecule has 1 saturated heterocycles. The second-order valence-corrected chi connectivity index (χ2v) is 9.97. The van der Waals surface area contributed by atoms with Crippen molar-refractivity contribution < 1.29 is 19.0 Å². The number of Topliss-reactive ketones (excluding diaryl/α,β-unsaturated/α-hetero) is 1. The van der Waals surface area contributed by atoms with Gasteiger partial charge in [-0.25, -0.2) is 0 Å². The van der Waals surface area contributed by atoms with Crippen LogP contribution in [0.3, 0.4) is 0 Å². The molecule has 4 heteroatoms. The van der Waals surface area contributed by atoms with Crippen LogP contribution < -0.4 is 9.47 Å². The van der Waals surface area contributed by atoms with Crippen LogP contribution in [-0.4, -0.2) is 33.2 Å². The van der Waals surface area contributed by atoms with Crippen LogP contribution in [0, 0.1) is 11.8 Å². The topological polar surface area (TPSA) is 44.8 Å². The van der Waals surface area contributed by atoms with Crippen molar-refractivity contribution in [3.63, 3.8) is 0 Å². The molecule has 4 aromatic carbocycles. The van der Waals surface area contributed by atoms with E-state index in [1.165, 1.54) is 11.1 Å².